The molecule has 0 aliphatic heterocycles. The highest BCUT2D eigenvalue weighted by molar-refractivity contribution is 6.01. The molecule has 0 spiro atoms. The molecule has 4 rings (SSSR count). The number of aromatic amines is 1. The highest BCUT2D eigenvalue weighted by Gasteiger charge is 2.27. The fraction of sp³-hybridized carbons (Fsp3) is 0.207. The molecule has 8 heteroatoms. The number of benzene rings is 3. The van der Waals surface area contributed by atoms with Crippen molar-refractivity contribution in [1.82, 2.24) is 20.6 Å². The molecule has 1 atom stereocenters. The van der Waals surface area contributed by atoms with E-state index in [0.717, 1.165) is 16.7 Å². The van der Waals surface area contributed by atoms with Gasteiger partial charge in [0, 0.05) is 25.5 Å². The minimum atomic E-state index is -0.607. The number of aromatic hydroxyl groups is 1. The van der Waals surface area contributed by atoms with Gasteiger partial charge in [-0.15, -0.1) is 0 Å². The van der Waals surface area contributed by atoms with Gasteiger partial charge in [0.2, 0.25) is 11.8 Å². The number of nitrogens with zero attached hydrogens (tertiary/aromatic N) is 1. The molecule has 190 valence electrons. The number of amides is 2. The number of carbonyl (C=O) groups is 2. The second-order valence-corrected chi connectivity index (χ2v) is 8.71. The van der Waals surface area contributed by atoms with Crippen LogP contribution in [0.3, 0.4) is 0 Å². The molecule has 0 bridgehead atoms. The average molecular weight is 498 g/mol. The third-order valence-electron chi connectivity index (χ3n) is 6.04. The molecule has 3 aromatic carbocycles. The first kappa shape index (κ1) is 25.7. The van der Waals surface area contributed by atoms with Gasteiger partial charge in [0.05, 0.1) is 12.0 Å². The maximum atomic E-state index is 13.4. The van der Waals surface area contributed by atoms with Crippen LogP contribution in [0, 0.1) is 0 Å². The van der Waals surface area contributed by atoms with Crippen LogP contribution in [0.5, 0.6) is 5.75 Å². The summed E-state index contributed by atoms with van der Waals surface area (Å²) in [6, 6.07) is 25.1. The lowest BCUT2D eigenvalue weighted by molar-refractivity contribution is -0.132. The molecule has 0 saturated heterocycles. The molecular formula is C29H31N5O3. The molecule has 2 amide bonds. The topological polar surface area (TPSA) is 119 Å². The normalized spacial score (nSPS) is 11.7. The van der Waals surface area contributed by atoms with Crippen molar-refractivity contribution < 1.29 is 14.7 Å². The average Bonchev–Trinajstić information content (AvgIpc) is 3.44. The van der Waals surface area contributed by atoms with E-state index >= 15 is 0 Å². The Labute approximate surface area is 216 Å². The monoisotopic (exact) mass is 497 g/mol. The second-order valence-electron chi connectivity index (χ2n) is 8.71. The van der Waals surface area contributed by atoms with E-state index in [9.17, 15) is 14.7 Å². The lowest BCUT2D eigenvalue weighted by Crippen LogP contribution is -2.47. The summed E-state index contributed by atoms with van der Waals surface area (Å²) in [6.07, 6.45) is 4.58. The Morgan fingerprint density at radius 1 is 0.865 bits per heavy atom. The third-order valence-corrected chi connectivity index (χ3v) is 6.04. The number of hydrogen-bond acceptors (Lipinski definition) is 6. The number of imide groups is 1. The van der Waals surface area contributed by atoms with E-state index in [1.54, 1.807) is 36.7 Å². The fourth-order valence-corrected chi connectivity index (χ4v) is 4.12. The van der Waals surface area contributed by atoms with Crippen molar-refractivity contribution in [3.8, 4) is 5.75 Å². The van der Waals surface area contributed by atoms with Crippen LogP contribution in [0.2, 0.25) is 0 Å². The Morgan fingerprint density at radius 2 is 1.51 bits per heavy atom. The minimum absolute atomic E-state index is 0.181. The van der Waals surface area contributed by atoms with Gasteiger partial charge >= 0.3 is 0 Å². The zero-order chi connectivity index (χ0) is 25.9. The molecule has 37 heavy (non-hydrogen) atoms. The molecule has 0 aliphatic rings. The largest absolute Gasteiger partial charge is 0.508 e. The Hall–Kier alpha value is -4.43. The van der Waals surface area contributed by atoms with Gasteiger partial charge in [-0.3, -0.25) is 14.9 Å². The summed E-state index contributed by atoms with van der Waals surface area (Å²) < 4.78 is 0. The number of rotatable bonds is 12. The second kappa shape index (κ2) is 13.0. The molecule has 5 N–H and O–H groups in total. The Morgan fingerprint density at radius 3 is 2.11 bits per heavy atom. The molecule has 0 aliphatic carbocycles. The quantitative estimate of drug-likeness (QED) is 0.189. The van der Waals surface area contributed by atoms with E-state index in [2.05, 4.69) is 25.9 Å². The van der Waals surface area contributed by atoms with Crippen molar-refractivity contribution in [1.29, 1.82) is 0 Å². The zero-order valence-electron chi connectivity index (χ0n) is 20.4. The molecule has 0 radical (unpaired) electrons. The molecule has 1 heterocycles. The molecule has 4 aromatic rings. The van der Waals surface area contributed by atoms with Crippen LogP contribution < -0.4 is 16.0 Å². The van der Waals surface area contributed by atoms with Crippen molar-refractivity contribution in [2.75, 3.05) is 11.9 Å². The maximum Gasteiger partial charge on any atom is 0.243 e. The molecule has 1 aromatic heterocycles. The number of hydrogen-bond donors (Lipinski definition) is 5. The van der Waals surface area contributed by atoms with Crippen LogP contribution in [-0.4, -0.2) is 39.5 Å². The predicted octanol–water partition coefficient (Wildman–Crippen LogP) is 3.94. The van der Waals surface area contributed by atoms with E-state index in [-0.39, 0.29) is 17.6 Å². The zero-order valence-corrected chi connectivity index (χ0v) is 20.4. The van der Waals surface area contributed by atoms with Crippen molar-refractivity contribution in [3.05, 3.63) is 114 Å². The number of H-pyrrole nitrogens is 1. The van der Waals surface area contributed by atoms with Gasteiger partial charge in [-0.25, -0.2) is 4.98 Å². The van der Waals surface area contributed by atoms with Gasteiger partial charge in [-0.1, -0.05) is 72.8 Å². The van der Waals surface area contributed by atoms with E-state index in [1.165, 1.54) is 0 Å². The highest BCUT2D eigenvalue weighted by Crippen LogP contribution is 2.24. The number of aromatic nitrogens is 2. The minimum Gasteiger partial charge on any atom is -0.508 e. The lowest BCUT2D eigenvalue weighted by Gasteiger charge is -2.21. The number of phenols is 1. The fourth-order valence-electron chi connectivity index (χ4n) is 4.12. The Bertz CT molecular complexity index is 1210. The van der Waals surface area contributed by atoms with E-state index in [4.69, 9.17) is 0 Å². The number of phenolic OH excluding ortho intramolecular Hbond substituents is 1. The van der Waals surface area contributed by atoms with Crippen LogP contribution >= 0.6 is 0 Å². The first-order valence-corrected chi connectivity index (χ1v) is 12.3. The first-order chi connectivity index (χ1) is 18.1. The van der Waals surface area contributed by atoms with Gasteiger partial charge in [0.1, 0.15) is 5.75 Å². The Kier molecular flexibility index (Phi) is 9.04. The maximum absolute atomic E-state index is 13.4. The van der Waals surface area contributed by atoms with Crippen molar-refractivity contribution in [2.45, 2.75) is 31.3 Å². The molecule has 8 nitrogen and oxygen atoms in total. The van der Waals surface area contributed by atoms with Gasteiger partial charge in [0.25, 0.3) is 0 Å². The molecular weight excluding hydrogens is 466 g/mol. The lowest BCUT2D eigenvalue weighted by atomic mass is 9.90. The summed E-state index contributed by atoms with van der Waals surface area (Å²) in [5, 5.41) is 18.7. The Balaban J connectivity index is 1.44. The van der Waals surface area contributed by atoms with Crippen LogP contribution in [0.15, 0.2) is 97.3 Å². The summed E-state index contributed by atoms with van der Waals surface area (Å²) in [7, 11) is 0. The smallest absolute Gasteiger partial charge is 0.243 e. The van der Waals surface area contributed by atoms with Gasteiger partial charge in [-0.2, -0.15) is 0 Å². The number of anilines is 1. The number of imidazole rings is 1. The van der Waals surface area contributed by atoms with Crippen LogP contribution in [0.25, 0.3) is 0 Å². The number of carbonyl (C=O) groups excluding carboxylic acids is 2. The van der Waals surface area contributed by atoms with Crippen LogP contribution in [-0.2, 0) is 16.1 Å². The van der Waals surface area contributed by atoms with Crippen molar-refractivity contribution in [3.63, 3.8) is 0 Å². The standard InChI is InChI=1S/C29H31N5O3/c35-24-15-13-21(14-16-24)20-33-25(12-7-17-30-29-31-18-19-32-29)27(36)34-28(37)26(22-8-3-1-4-9-22)23-10-5-2-6-11-23/h1-6,8-11,13-16,18-19,25-26,33,35H,7,12,17,20H2,(H2,30,31,32)(H,34,36,37)/t25-/m0/s1. The van der Waals surface area contributed by atoms with Gasteiger partial charge < -0.3 is 20.7 Å². The molecule has 0 unspecified atom stereocenters. The summed E-state index contributed by atoms with van der Waals surface area (Å²) in [5.74, 6) is -0.502. The summed E-state index contributed by atoms with van der Waals surface area (Å²) >= 11 is 0. The van der Waals surface area contributed by atoms with Crippen molar-refractivity contribution in [2.24, 2.45) is 0 Å². The third kappa shape index (κ3) is 7.52. The van der Waals surface area contributed by atoms with Gasteiger partial charge in [0.15, 0.2) is 5.95 Å². The van der Waals surface area contributed by atoms with E-state index < -0.39 is 12.0 Å². The predicted molar refractivity (Wildman–Crippen MR) is 143 cm³/mol. The van der Waals surface area contributed by atoms with Gasteiger partial charge in [-0.05, 0) is 41.7 Å². The summed E-state index contributed by atoms with van der Waals surface area (Å²) in [4.78, 5) is 33.9. The highest BCUT2D eigenvalue weighted by atomic mass is 16.3. The van der Waals surface area contributed by atoms with E-state index in [1.807, 2.05) is 60.7 Å². The summed E-state index contributed by atoms with van der Waals surface area (Å²) in [6.45, 7) is 1.03. The SMILES string of the molecule is O=C(NC(=O)[C@H](CCCNc1ncc[nH]1)NCc1ccc(O)cc1)C(c1ccccc1)c1ccccc1. The summed E-state index contributed by atoms with van der Waals surface area (Å²) in [5.41, 5.74) is 2.55. The molecule has 0 fully saturated rings. The molecule has 0 saturated carbocycles. The van der Waals surface area contributed by atoms with E-state index in [0.29, 0.717) is 31.9 Å². The number of nitrogens with one attached hydrogen (secondary N) is 4. The van der Waals surface area contributed by atoms with Crippen LogP contribution in [0.1, 0.15) is 35.4 Å². The van der Waals surface area contributed by atoms with Crippen LogP contribution in [0.4, 0.5) is 5.95 Å². The first-order valence-electron chi connectivity index (χ1n) is 12.3. The van der Waals surface area contributed by atoms with Crippen molar-refractivity contribution >= 4 is 17.8 Å².